The van der Waals surface area contributed by atoms with Gasteiger partial charge in [0.1, 0.15) is 6.79 Å². The lowest BCUT2D eigenvalue weighted by atomic mass is 9.57. The molecule has 0 heterocycles. The first-order valence-electron chi connectivity index (χ1n) is 7.38. The van der Waals surface area contributed by atoms with Gasteiger partial charge in [-0.2, -0.15) is 0 Å². The van der Waals surface area contributed by atoms with Gasteiger partial charge in [0.15, 0.2) is 5.78 Å². The van der Waals surface area contributed by atoms with Gasteiger partial charge in [-0.1, -0.05) is 31.2 Å². The fourth-order valence-electron chi connectivity index (χ4n) is 3.97. The Kier molecular flexibility index (Phi) is 3.65. The molecule has 108 valence electrons. The van der Waals surface area contributed by atoms with Crippen molar-refractivity contribution in [2.24, 2.45) is 5.92 Å². The summed E-state index contributed by atoms with van der Waals surface area (Å²) in [7, 11) is 1.65. The van der Waals surface area contributed by atoms with E-state index >= 15 is 0 Å². The van der Waals surface area contributed by atoms with Gasteiger partial charge in [0, 0.05) is 19.1 Å². The van der Waals surface area contributed by atoms with Crippen molar-refractivity contribution in [2.45, 2.75) is 44.1 Å². The lowest BCUT2D eigenvalue weighted by molar-refractivity contribution is -0.0979. The quantitative estimate of drug-likeness (QED) is 0.793. The summed E-state index contributed by atoms with van der Waals surface area (Å²) in [6, 6.07) is 8.10. The van der Waals surface area contributed by atoms with E-state index in [0.29, 0.717) is 24.9 Å². The van der Waals surface area contributed by atoms with Crippen LogP contribution in [0.2, 0.25) is 0 Å². The fraction of sp³-hybridized carbons (Fsp3) is 0.588. The van der Waals surface area contributed by atoms with Crippen LogP contribution in [-0.2, 0) is 14.9 Å². The number of carbonyl (C=O) groups excluding carboxylic acids is 1. The maximum Gasteiger partial charge on any atom is 0.163 e. The van der Waals surface area contributed by atoms with Gasteiger partial charge in [-0.3, -0.25) is 4.79 Å². The van der Waals surface area contributed by atoms with E-state index in [9.17, 15) is 4.79 Å². The Bertz CT molecular complexity index is 511. The molecule has 0 spiro atoms. The molecule has 1 aromatic carbocycles. The second kappa shape index (κ2) is 5.30. The molecule has 3 nitrogen and oxygen atoms in total. The number of Topliss-reactive ketones (excluding diaryl/α,β-unsaturated/α-hetero) is 1. The number of methoxy groups -OCH3 is 1. The van der Waals surface area contributed by atoms with Crippen molar-refractivity contribution in [3.63, 3.8) is 0 Å². The zero-order chi connectivity index (χ0) is 14.2. The largest absolute Gasteiger partial charge is 0.359 e. The third-order valence-corrected chi connectivity index (χ3v) is 5.09. The summed E-state index contributed by atoms with van der Waals surface area (Å²) < 4.78 is 10.8. The zero-order valence-corrected chi connectivity index (χ0v) is 12.2. The van der Waals surface area contributed by atoms with Crippen LogP contribution in [0.15, 0.2) is 24.3 Å². The average Bonchev–Trinajstić information content (AvgIpc) is 2.47. The Hall–Kier alpha value is -1.19. The van der Waals surface area contributed by atoms with E-state index in [4.69, 9.17) is 9.47 Å². The predicted molar refractivity (Wildman–Crippen MR) is 76.8 cm³/mol. The molecule has 2 aliphatic rings. The van der Waals surface area contributed by atoms with Gasteiger partial charge in [-0.15, -0.1) is 0 Å². The van der Waals surface area contributed by atoms with Gasteiger partial charge < -0.3 is 9.47 Å². The smallest absolute Gasteiger partial charge is 0.163 e. The molecule has 20 heavy (non-hydrogen) atoms. The van der Waals surface area contributed by atoms with Crippen LogP contribution in [0.1, 0.15) is 48.5 Å². The number of rotatable bonds is 3. The van der Waals surface area contributed by atoms with Crippen molar-refractivity contribution >= 4 is 5.78 Å². The monoisotopic (exact) mass is 274 g/mol. The molecule has 0 amide bonds. The molecule has 1 saturated carbocycles. The van der Waals surface area contributed by atoms with Gasteiger partial charge in [0.25, 0.3) is 0 Å². The topological polar surface area (TPSA) is 35.5 Å². The standard InChI is InChI=1S/C17H22O3/c1-17-10-13(20-11-19-2)8-7-12(17)9-16(18)14-5-3-4-6-15(14)17/h3-6,12-13H,7-11H2,1-2H3/t12-,13-,17-/m0/s1. The van der Waals surface area contributed by atoms with Crippen LogP contribution < -0.4 is 0 Å². The number of carbonyl (C=O) groups is 1. The first-order chi connectivity index (χ1) is 9.65. The van der Waals surface area contributed by atoms with Crippen LogP contribution in [0.4, 0.5) is 0 Å². The number of ether oxygens (including phenoxy) is 2. The molecule has 0 N–H and O–H groups in total. The molecule has 0 bridgehead atoms. The first-order valence-corrected chi connectivity index (χ1v) is 7.38. The second-order valence-electron chi connectivity index (χ2n) is 6.26. The minimum Gasteiger partial charge on any atom is -0.359 e. The third kappa shape index (κ3) is 2.19. The Balaban J connectivity index is 1.92. The molecule has 2 aliphatic carbocycles. The maximum absolute atomic E-state index is 12.3. The summed E-state index contributed by atoms with van der Waals surface area (Å²) in [6.45, 7) is 2.65. The summed E-state index contributed by atoms with van der Waals surface area (Å²) in [5.74, 6) is 0.756. The molecular formula is C17H22O3. The highest BCUT2D eigenvalue weighted by Gasteiger charge is 2.47. The molecule has 0 radical (unpaired) electrons. The number of ketones is 1. The van der Waals surface area contributed by atoms with E-state index < -0.39 is 0 Å². The molecule has 0 aliphatic heterocycles. The summed E-state index contributed by atoms with van der Waals surface area (Å²) in [6.07, 6.45) is 3.98. The second-order valence-corrected chi connectivity index (χ2v) is 6.26. The van der Waals surface area contributed by atoms with Crippen molar-refractivity contribution in [3.05, 3.63) is 35.4 Å². The van der Waals surface area contributed by atoms with E-state index in [-0.39, 0.29) is 11.5 Å². The summed E-state index contributed by atoms with van der Waals surface area (Å²) in [5.41, 5.74) is 2.19. The van der Waals surface area contributed by atoms with Gasteiger partial charge in [0.2, 0.25) is 0 Å². The first kappa shape index (κ1) is 13.8. The Morgan fingerprint density at radius 2 is 2.10 bits per heavy atom. The Morgan fingerprint density at radius 3 is 2.90 bits per heavy atom. The third-order valence-electron chi connectivity index (χ3n) is 5.09. The van der Waals surface area contributed by atoms with Crippen molar-refractivity contribution in [1.82, 2.24) is 0 Å². The minimum atomic E-state index is 0.0567. The van der Waals surface area contributed by atoms with Crippen LogP contribution in [0.25, 0.3) is 0 Å². The molecule has 1 fully saturated rings. The summed E-state index contributed by atoms with van der Waals surface area (Å²) in [4.78, 5) is 12.3. The van der Waals surface area contributed by atoms with E-state index in [1.165, 1.54) is 5.56 Å². The molecule has 0 unspecified atom stereocenters. The van der Waals surface area contributed by atoms with Gasteiger partial charge in [-0.25, -0.2) is 0 Å². The zero-order valence-electron chi connectivity index (χ0n) is 12.2. The molecule has 0 aromatic heterocycles. The number of benzene rings is 1. The van der Waals surface area contributed by atoms with Crippen LogP contribution in [-0.4, -0.2) is 25.8 Å². The SMILES string of the molecule is COCO[C@H]1CC[C@H]2CC(=O)c3ccccc3[C@@]2(C)C1. The Labute approximate surface area is 120 Å². The van der Waals surface area contributed by atoms with Crippen molar-refractivity contribution in [1.29, 1.82) is 0 Å². The molecule has 3 rings (SSSR count). The van der Waals surface area contributed by atoms with Crippen LogP contribution in [0.5, 0.6) is 0 Å². The van der Waals surface area contributed by atoms with E-state index in [0.717, 1.165) is 24.8 Å². The average molecular weight is 274 g/mol. The molecular weight excluding hydrogens is 252 g/mol. The van der Waals surface area contributed by atoms with E-state index in [1.54, 1.807) is 7.11 Å². The highest BCUT2D eigenvalue weighted by Crippen LogP contribution is 2.50. The Morgan fingerprint density at radius 1 is 1.30 bits per heavy atom. The van der Waals surface area contributed by atoms with Crippen molar-refractivity contribution in [3.8, 4) is 0 Å². The molecule has 0 saturated heterocycles. The highest BCUT2D eigenvalue weighted by atomic mass is 16.7. The number of hydrogen-bond acceptors (Lipinski definition) is 3. The lowest BCUT2D eigenvalue weighted by Gasteiger charge is -2.48. The van der Waals surface area contributed by atoms with Crippen molar-refractivity contribution in [2.75, 3.05) is 13.9 Å². The number of fused-ring (bicyclic) bond motifs is 3. The fourth-order valence-corrected chi connectivity index (χ4v) is 3.97. The van der Waals surface area contributed by atoms with Crippen molar-refractivity contribution < 1.29 is 14.3 Å². The predicted octanol–water partition coefficient (Wildman–Crippen LogP) is 3.32. The highest BCUT2D eigenvalue weighted by molar-refractivity contribution is 5.99. The van der Waals surface area contributed by atoms with E-state index in [2.05, 4.69) is 13.0 Å². The molecule has 3 heteroatoms. The van der Waals surface area contributed by atoms with Gasteiger partial charge in [0.05, 0.1) is 6.10 Å². The maximum atomic E-state index is 12.3. The van der Waals surface area contributed by atoms with Crippen LogP contribution in [0, 0.1) is 5.92 Å². The minimum absolute atomic E-state index is 0.0567. The van der Waals surface area contributed by atoms with Crippen LogP contribution in [0.3, 0.4) is 0 Å². The normalized spacial score (nSPS) is 32.6. The summed E-state index contributed by atoms with van der Waals surface area (Å²) in [5, 5.41) is 0. The number of hydrogen-bond donors (Lipinski definition) is 0. The molecule has 3 atom stereocenters. The van der Waals surface area contributed by atoms with Gasteiger partial charge >= 0.3 is 0 Å². The van der Waals surface area contributed by atoms with Crippen LogP contribution >= 0.6 is 0 Å². The lowest BCUT2D eigenvalue weighted by Crippen LogP contribution is -2.46. The van der Waals surface area contributed by atoms with Gasteiger partial charge in [-0.05, 0) is 36.2 Å². The van der Waals surface area contributed by atoms with E-state index in [1.807, 2.05) is 18.2 Å². The molecule has 1 aromatic rings. The summed E-state index contributed by atoms with van der Waals surface area (Å²) >= 11 is 0.